The molecule has 0 atom stereocenters. The van der Waals surface area contributed by atoms with E-state index in [-0.39, 0.29) is 23.9 Å². The Kier molecular flexibility index (Phi) is 5.36. The van der Waals surface area contributed by atoms with Gasteiger partial charge in [-0.05, 0) is 23.6 Å². The van der Waals surface area contributed by atoms with E-state index in [4.69, 9.17) is 14.7 Å². The van der Waals surface area contributed by atoms with Gasteiger partial charge in [0.15, 0.2) is 6.61 Å². The fourth-order valence-electron chi connectivity index (χ4n) is 2.28. The van der Waals surface area contributed by atoms with Gasteiger partial charge in [0.2, 0.25) is 11.7 Å². The molecule has 0 fully saturated rings. The highest BCUT2D eigenvalue weighted by Gasteiger charge is 2.18. The van der Waals surface area contributed by atoms with Gasteiger partial charge in [0.25, 0.3) is 0 Å². The normalized spacial score (nSPS) is 11.0. The lowest BCUT2D eigenvalue weighted by molar-refractivity contribution is 0.358. The minimum atomic E-state index is -0.0925. The molecule has 2 N–H and O–H groups in total. The van der Waals surface area contributed by atoms with Gasteiger partial charge in [0, 0.05) is 18.2 Å². The summed E-state index contributed by atoms with van der Waals surface area (Å²) in [5.74, 6) is 0.284. The van der Waals surface area contributed by atoms with E-state index in [0.29, 0.717) is 11.3 Å². The van der Waals surface area contributed by atoms with Crippen molar-refractivity contribution in [3.8, 4) is 33.6 Å². The Morgan fingerprint density at radius 3 is 3.00 bits per heavy atom. The van der Waals surface area contributed by atoms with Crippen molar-refractivity contribution in [3.63, 3.8) is 0 Å². The number of nitriles is 1. The molecule has 3 heterocycles. The lowest BCUT2D eigenvalue weighted by atomic mass is 10.0. The summed E-state index contributed by atoms with van der Waals surface area (Å²) in [7, 11) is 1.60. The minimum Gasteiger partial charge on any atom is -0.472 e. The Hall–Kier alpha value is -3.51. The van der Waals surface area contributed by atoms with Crippen LogP contribution in [0.25, 0.3) is 21.7 Å². The van der Waals surface area contributed by atoms with Crippen molar-refractivity contribution in [3.05, 3.63) is 47.7 Å². The first-order chi connectivity index (χ1) is 12.8. The van der Waals surface area contributed by atoms with Gasteiger partial charge in [-0.2, -0.15) is 10.4 Å². The summed E-state index contributed by atoms with van der Waals surface area (Å²) in [6, 6.07) is 9.61. The number of ether oxygens (including phenoxy) is 1. The van der Waals surface area contributed by atoms with Gasteiger partial charge in [0.1, 0.15) is 11.6 Å². The molecular weight excluding hydrogens is 352 g/mol. The van der Waals surface area contributed by atoms with Crippen LogP contribution in [0.4, 0.5) is 0 Å². The second-order valence-corrected chi connectivity index (χ2v) is 5.94. The fraction of sp³-hybridized carbons (Fsp3) is 0.118. The molecule has 3 aromatic heterocycles. The summed E-state index contributed by atoms with van der Waals surface area (Å²) < 4.78 is 10.8. The number of hydrazone groups is 1. The van der Waals surface area contributed by atoms with E-state index >= 15 is 0 Å². The van der Waals surface area contributed by atoms with E-state index < -0.39 is 0 Å². The molecule has 0 saturated carbocycles. The summed E-state index contributed by atoms with van der Waals surface area (Å²) in [4.78, 5) is 5.42. The molecule has 0 radical (unpaired) electrons. The Bertz CT molecular complexity index is 958. The van der Waals surface area contributed by atoms with E-state index in [9.17, 15) is 5.26 Å². The standard InChI is InChI=1S/C17H14N6O2S/c1-20-23-16(22-19)10-25-17-13(8-18)12(11-4-5-24-9-11)7-14(21-17)15-3-2-6-26-15/h2-7,9,19-20H,10H2,1H3/b22-19?,23-16-. The van der Waals surface area contributed by atoms with Gasteiger partial charge >= 0.3 is 0 Å². The van der Waals surface area contributed by atoms with Crippen molar-refractivity contribution in [2.45, 2.75) is 0 Å². The number of nitrogens with one attached hydrogen (secondary N) is 2. The lowest BCUT2D eigenvalue weighted by Gasteiger charge is -2.11. The first-order valence-corrected chi connectivity index (χ1v) is 8.40. The molecule has 0 saturated heterocycles. The van der Waals surface area contributed by atoms with Crippen molar-refractivity contribution < 1.29 is 9.15 Å². The molecule has 3 rings (SSSR count). The highest BCUT2D eigenvalue weighted by atomic mass is 32.1. The predicted molar refractivity (Wildman–Crippen MR) is 97.1 cm³/mol. The van der Waals surface area contributed by atoms with Gasteiger partial charge in [-0.3, -0.25) is 0 Å². The first kappa shape index (κ1) is 17.3. The maximum Gasteiger partial charge on any atom is 0.233 e. The maximum absolute atomic E-state index is 9.64. The molecule has 26 heavy (non-hydrogen) atoms. The highest BCUT2D eigenvalue weighted by molar-refractivity contribution is 7.13. The molecule has 0 aliphatic heterocycles. The molecule has 0 aromatic carbocycles. The van der Waals surface area contributed by atoms with E-state index in [0.717, 1.165) is 10.4 Å². The number of hydrogen-bond acceptors (Lipinski definition) is 8. The number of thiophene rings is 1. The van der Waals surface area contributed by atoms with Gasteiger partial charge in [-0.25, -0.2) is 10.5 Å². The van der Waals surface area contributed by atoms with Crippen LogP contribution in [-0.4, -0.2) is 24.5 Å². The molecule has 0 spiro atoms. The van der Waals surface area contributed by atoms with Crippen LogP contribution in [0.5, 0.6) is 5.88 Å². The van der Waals surface area contributed by atoms with E-state index in [1.54, 1.807) is 25.6 Å². The van der Waals surface area contributed by atoms with E-state index in [1.807, 2.05) is 23.6 Å². The third-order valence-electron chi connectivity index (χ3n) is 3.41. The average molecular weight is 366 g/mol. The fourth-order valence-corrected chi connectivity index (χ4v) is 2.97. The molecule has 0 amide bonds. The zero-order valence-corrected chi connectivity index (χ0v) is 14.6. The Morgan fingerprint density at radius 2 is 2.38 bits per heavy atom. The maximum atomic E-state index is 9.64. The molecule has 8 nitrogen and oxygen atoms in total. The van der Waals surface area contributed by atoms with Gasteiger partial charge in [-0.15, -0.1) is 16.5 Å². The van der Waals surface area contributed by atoms with Crippen LogP contribution >= 0.6 is 11.3 Å². The van der Waals surface area contributed by atoms with Crippen molar-refractivity contribution >= 4 is 17.2 Å². The van der Waals surface area contributed by atoms with Crippen LogP contribution in [0.2, 0.25) is 0 Å². The summed E-state index contributed by atoms with van der Waals surface area (Å²) >= 11 is 1.53. The smallest absolute Gasteiger partial charge is 0.233 e. The second-order valence-electron chi connectivity index (χ2n) is 4.99. The van der Waals surface area contributed by atoms with Crippen LogP contribution in [0.1, 0.15) is 5.56 Å². The number of furan rings is 1. The summed E-state index contributed by atoms with van der Waals surface area (Å²) in [5.41, 5.74) is 12.0. The Balaban J connectivity index is 2.08. The molecular formula is C17H14N6O2S. The third kappa shape index (κ3) is 3.60. The third-order valence-corrected chi connectivity index (χ3v) is 4.30. The number of aromatic nitrogens is 1. The van der Waals surface area contributed by atoms with Crippen molar-refractivity contribution in [2.75, 3.05) is 13.7 Å². The quantitative estimate of drug-likeness (QED) is 0.297. The molecule has 0 unspecified atom stereocenters. The van der Waals surface area contributed by atoms with Crippen molar-refractivity contribution in [1.82, 2.24) is 10.4 Å². The number of hydrogen-bond donors (Lipinski definition) is 2. The summed E-state index contributed by atoms with van der Waals surface area (Å²) in [6.45, 7) is -0.0925. The molecule has 9 heteroatoms. The Morgan fingerprint density at radius 1 is 1.50 bits per heavy atom. The number of amidine groups is 1. The van der Waals surface area contributed by atoms with Crippen molar-refractivity contribution in [1.29, 1.82) is 10.8 Å². The Labute approximate surface area is 153 Å². The number of rotatable bonds is 6. The van der Waals surface area contributed by atoms with Crippen LogP contribution in [0.3, 0.4) is 0 Å². The molecule has 0 bridgehead atoms. The van der Waals surface area contributed by atoms with Crippen LogP contribution in [0, 0.1) is 16.9 Å². The summed E-state index contributed by atoms with van der Waals surface area (Å²) in [5, 5.41) is 18.7. The summed E-state index contributed by atoms with van der Waals surface area (Å²) in [6.07, 6.45) is 3.10. The zero-order chi connectivity index (χ0) is 18.4. The van der Waals surface area contributed by atoms with Gasteiger partial charge in [0.05, 0.1) is 23.1 Å². The topological polar surface area (TPSA) is 120 Å². The van der Waals surface area contributed by atoms with Crippen LogP contribution in [0.15, 0.2) is 56.8 Å². The minimum absolute atomic E-state index is 0.0925. The average Bonchev–Trinajstić information content (AvgIpc) is 3.38. The van der Waals surface area contributed by atoms with E-state index in [1.165, 1.54) is 11.3 Å². The highest BCUT2D eigenvalue weighted by Crippen LogP contribution is 2.35. The van der Waals surface area contributed by atoms with Gasteiger partial charge < -0.3 is 14.6 Å². The largest absolute Gasteiger partial charge is 0.472 e. The second kappa shape index (κ2) is 8.04. The lowest BCUT2D eigenvalue weighted by Crippen LogP contribution is -2.14. The molecule has 130 valence electrons. The SMILES string of the molecule is CN/N=C(/COc1nc(-c2cccs2)cc(-c2ccoc2)c1C#N)N=N. The van der Waals surface area contributed by atoms with Crippen molar-refractivity contribution in [2.24, 2.45) is 10.2 Å². The number of nitrogens with zero attached hydrogens (tertiary/aromatic N) is 4. The predicted octanol–water partition coefficient (Wildman–Crippen LogP) is 3.88. The van der Waals surface area contributed by atoms with Crippen LogP contribution < -0.4 is 10.2 Å². The molecule has 0 aliphatic rings. The van der Waals surface area contributed by atoms with Crippen LogP contribution in [-0.2, 0) is 0 Å². The van der Waals surface area contributed by atoms with Gasteiger partial charge in [-0.1, -0.05) is 6.07 Å². The van der Waals surface area contributed by atoms with E-state index in [2.05, 4.69) is 26.7 Å². The molecule has 0 aliphatic carbocycles. The monoisotopic (exact) mass is 366 g/mol. The molecule has 3 aromatic rings. The number of pyridine rings is 1. The first-order valence-electron chi connectivity index (χ1n) is 7.52. The zero-order valence-electron chi connectivity index (χ0n) is 13.8.